The Kier molecular flexibility index (Phi) is 4.45. The van der Waals surface area contributed by atoms with Crippen LogP contribution in [0, 0.1) is 11.8 Å². The fourth-order valence-electron chi connectivity index (χ4n) is 1.07. The molecule has 68 valence electrons. The van der Waals surface area contributed by atoms with Gasteiger partial charge in [-0.25, -0.2) is 0 Å². The molecule has 0 aliphatic carbocycles. The van der Waals surface area contributed by atoms with E-state index in [4.69, 9.17) is 21.1 Å². The van der Waals surface area contributed by atoms with E-state index in [2.05, 4.69) is 11.8 Å². The normalized spacial score (nSPS) is 29.2. The lowest BCUT2D eigenvalue weighted by Gasteiger charge is -2.26. The minimum Gasteiger partial charge on any atom is -0.351 e. The Labute approximate surface area is 78.2 Å². The maximum Gasteiger partial charge on any atom is 0.175 e. The summed E-state index contributed by atoms with van der Waals surface area (Å²) in [5.74, 6) is 5.55. The molecular formula is C9H13ClO2. The van der Waals surface area contributed by atoms with Crippen LogP contribution in [0.3, 0.4) is 0 Å². The first-order valence-corrected chi connectivity index (χ1v) is 4.55. The van der Waals surface area contributed by atoms with E-state index in [1.54, 1.807) is 6.92 Å². The lowest BCUT2D eigenvalue weighted by Crippen LogP contribution is -2.32. The zero-order valence-corrected chi connectivity index (χ0v) is 7.93. The first-order chi connectivity index (χ1) is 5.84. The second-order valence-corrected chi connectivity index (χ2v) is 3.20. The van der Waals surface area contributed by atoms with Crippen molar-refractivity contribution in [3.8, 4) is 11.8 Å². The lowest BCUT2D eigenvalue weighted by atomic mass is 10.2. The van der Waals surface area contributed by atoms with E-state index < -0.39 is 0 Å². The Morgan fingerprint density at radius 1 is 1.67 bits per heavy atom. The van der Waals surface area contributed by atoms with Gasteiger partial charge in [0.25, 0.3) is 0 Å². The highest BCUT2D eigenvalue weighted by molar-refractivity contribution is 6.20. The smallest absolute Gasteiger partial charge is 0.175 e. The van der Waals surface area contributed by atoms with Gasteiger partial charge in [-0.3, -0.25) is 0 Å². The Morgan fingerprint density at radius 2 is 2.50 bits per heavy atom. The Bertz CT molecular complexity index is 183. The van der Waals surface area contributed by atoms with Crippen LogP contribution >= 0.6 is 11.6 Å². The number of hydrogen-bond donors (Lipinski definition) is 0. The number of hydrogen-bond acceptors (Lipinski definition) is 2. The molecule has 12 heavy (non-hydrogen) atoms. The number of ether oxygens (including phenoxy) is 2. The summed E-state index contributed by atoms with van der Waals surface area (Å²) < 4.78 is 10.6. The van der Waals surface area contributed by atoms with Gasteiger partial charge in [-0.05, 0) is 19.8 Å². The molecule has 1 heterocycles. The summed E-state index contributed by atoms with van der Waals surface area (Å²) in [6.45, 7) is 2.93. The van der Waals surface area contributed by atoms with E-state index in [9.17, 15) is 0 Å². The highest BCUT2D eigenvalue weighted by Gasteiger charge is 2.23. The van der Waals surface area contributed by atoms with Crippen molar-refractivity contribution in [1.82, 2.24) is 0 Å². The minimum atomic E-state index is -0.263. The molecule has 1 rings (SSSR count). The van der Waals surface area contributed by atoms with Crippen molar-refractivity contribution in [3.63, 3.8) is 0 Å². The summed E-state index contributed by atoms with van der Waals surface area (Å²) >= 11 is 5.96. The monoisotopic (exact) mass is 188 g/mol. The summed E-state index contributed by atoms with van der Waals surface area (Å²) in [4.78, 5) is 0. The molecule has 0 bridgehead atoms. The number of rotatable bonds is 2. The van der Waals surface area contributed by atoms with Crippen molar-refractivity contribution in [2.24, 2.45) is 0 Å². The fourth-order valence-corrected chi connectivity index (χ4v) is 1.37. The largest absolute Gasteiger partial charge is 0.351 e. The van der Waals surface area contributed by atoms with Crippen LogP contribution in [0.4, 0.5) is 0 Å². The average Bonchev–Trinajstić information content (AvgIpc) is 2.09. The molecular weight excluding hydrogens is 176 g/mol. The maximum atomic E-state index is 5.96. The van der Waals surface area contributed by atoms with Gasteiger partial charge in [0, 0.05) is 6.61 Å². The van der Waals surface area contributed by atoms with E-state index in [0.29, 0.717) is 6.61 Å². The van der Waals surface area contributed by atoms with Crippen molar-refractivity contribution in [2.45, 2.75) is 31.4 Å². The Hall–Kier alpha value is -0.230. The molecule has 0 spiro atoms. The predicted octanol–water partition coefficient (Wildman–Crippen LogP) is 1.77. The number of alkyl halides is 1. The third-order valence-corrected chi connectivity index (χ3v) is 2.12. The standard InChI is InChI=1S/C9H13ClO2/c1-2-3-6-11-9-8(10)5-4-7-12-9/h8-9H,4-7H2,1H3. The Balaban J connectivity index is 2.23. The average molecular weight is 189 g/mol. The first-order valence-electron chi connectivity index (χ1n) is 4.11. The molecule has 3 heteroatoms. The van der Waals surface area contributed by atoms with Gasteiger partial charge in [0.15, 0.2) is 6.29 Å². The van der Waals surface area contributed by atoms with E-state index >= 15 is 0 Å². The van der Waals surface area contributed by atoms with Gasteiger partial charge in [0.2, 0.25) is 0 Å². The third-order valence-electron chi connectivity index (χ3n) is 1.70. The van der Waals surface area contributed by atoms with Crippen LogP contribution in [-0.2, 0) is 9.47 Å². The van der Waals surface area contributed by atoms with Gasteiger partial charge in [-0.2, -0.15) is 0 Å². The molecule has 2 atom stereocenters. The summed E-state index contributed by atoms with van der Waals surface area (Å²) in [6.07, 6.45) is 1.72. The molecule has 1 aliphatic heterocycles. The molecule has 0 aromatic rings. The molecule has 1 fully saturated rings. The van der Waals surface area contributed by atoms with E-state index in [1.807, 2.05) is 0 Å². The van der Waals surface area contributed by atoms with Gasteiger partial charge in [0.05, 0.1) is 5.38 Å². The van der Waals surface area contributed by atoms with E-state index in [1.165, 1.54) is 0 Å². The summed E-state index contributed by atoms with van der Waals surface area (Å²) in [5.41, 5.74) is 0. The van der Waals surface area contributed by atoms with Crippen molar-refractivity contribution < 1.29 is 9.47 Å². The van der Waals surface area contributed by atoms with Gasteiger partial charge in [-0.15, -0.1) is 17.5 Å². The molecule has 0 radical (unpaired) electrons. The zero-order chi connectivity index (χ0) is 8.81. The molecule has 0 aromatic heterocycles. The van der Waals surface area contributed by atoms with Crippen molar-refractivity contribution >= 4 is 11.6 Å². The molecule has 0 N–H and O–H groups in total. The van der Waals surface area contributed by atoms with Crippen LogP contribution in [0.2, 0.25) is 0 Å². The van der Waals surface area contributed by atoms with E-state index in [-0.39, 0.29) is 11.7 Å². The lowest BCUT2D eigenvalue weighted by molar-refractivity contribution is -0.151. The summed E-state index contributed by atoms with van der Waals surface area (Å²) in [7, 11) is 0. The van der Waals surface area contributed by atoms with E-state index in [0.717, 1.165) is 19.4 Å². The highest BCUT2D eigenvalue weighted by Crippen LogP contribution is 2.19. The zero-order valence-electron chi connectivity index (χ0n) is 7.18. The fraction of sp³-hybridized carbons (Fsp3) is 0.778. The molecule has 1 aliphatic rings. The maximum absolute atomic E-state index is 5.96. The summed E-state index contributed by atoms with van der Waals surface area (Å²) in [6, 6.07) is 0. The van der Waals surface area contributed by atoms with Crippen LogP contribution in [0.1, 0.15) is 19.8 Å². The van der Waals surface area contributed by atoms with Gasteiger partial charge < -0.3 is 9.47 Å². The minimum absolute atomic E-state index is 0.0163. The first kappa shape index (κ1) is 9.85. The quantitative estimate of drug-likeness (QED) is 0.486. The summed E-state index contributed by atoms with van der Waals surface area (Å²) in [5, 5.41) is -0.0163. The van der Waals surface area contributed by atoms with Gasteiger partial charge in [0.1, 0.15) is 6.61 Å². The molecule has 2 nitrogen and oxygen atoms in total. The van der Waals surface area contributed by atoms with Crippen LogP contribution in [-0.4, -0.2) is 24.9 Å². The topological polar surface area (TPSA) is 18.5 Å². The van der Waals surface area contributed by atoms with Crippen molar-refractivity contribution in [2.75, 3.05) is 13.2 Å². The molecule has 0 aromatic carbocycles. The van der Waals surface area contributed by atoms with Gasteiger partial charge >= 0.3 is 0 Å². The predicted molar refractivity (Wildman–Crippen MR) is 48.0 cm³/mol. The second kappa shape index (κ2) is 5.42. The Morgan fingerprint density at radius 3 is 3.17 bits per heavy atom. The molecule has 0 amide bonds. The third kappa shape index (κ3) is 3.02. The van der Waals surface area contributed by atoms with Crippen LogP contribution in [0.5, 0.6) is 0 Å². The van der Waals surface area contributed by atoms with Crippen LogP contribution in [0.25, 0.3) is 0 Å². The van der Waals surface area contributed by atoms with Crippen LogP contribution in [0.15, 0.2) is 0 Å². The second-order valence-electron chi connectivity index (χ2n) is 2.64. The van der Waals surface area contributed by atoms with Gasteiger partial charge in [-0.1, -0.05) is 5.92 Å². The van der Waals surface area contributed by atoms with Crippen molar-refractivity contribution in [1.29, 1.82) is 0 Å². The van der Waals surface area contributed by atoms with Crippen molar-refractivity contribution in [3.05, 3.63) is 0 Å². The SMILES string of the molecule is CC#CCOC1OCCCC1Cl. The molecule has 2 unspecified atom stereocenters. The number of halogens is 1. The molecule has 0 saturated carbocycles. The van der Waals surface area contributed by atoms with Crippen LogP contribution < -0.4 is 0 Å². The molecule has 1 saturated heterocycles. The highest BCUT2D eigenvalue weighted by atomic mass is 35.5.